The Morgan fingerprint density at radius 2 is 1.92 bits per heavy atom. The van der Waals surface area contributed by atoms with Crippen molar-refractivity contribution in [1.29, 1.82) is 0 Å². The summed E-state index contributed by atoms with van der Waals surface area (Å²) < 4.78 is 11.0. The Morgan fingerprint density at radius 3 is 2.50 bits per heavy atom. The number of nitrogens with one attached hydrogen (secondary N) is 2. The molecule has 0 heterocycles. The zero-order valence-electron chi connectivity index (χ0n) is 15.5. The van der Waals surface area contributed by atoms with Crippen LogP contribution in [0.2, 0.25) is 0 Å². The molecule has 0 spiro atoms. The van der Waals surface area contributed by atoms with Gasteiger partial charge in [0.15, 0.2) is 5.96 Å². The second kappa shape index (κ2) is 11.2. The summed E-state index contributed by atoms with van der Waals surface area (Å²) in [6.45, 7) is 7.48. The van der Waals surface area contributed by atoms with Gasteiger partial charge in [-0.3, -0.25) is 4.99 Å². The maximum absolute atomic E-state index is 5.70. The van der Waals surface area contributed by atoms with Crippen molar-refractivity contribution in [3.8, 4) is 5.75 Å². The molecule has 0 amide bonds. The summed E-state index contributed by atoms with van der Waals surface area (Å²) in [6, 6.07) is 7.95. The van der Waals surface area contributed by atoms with Gasteiger partial charge in [0.05, 0.1) is 13.7 Å². The smallest absolute Gasteiger partial charge is 0.191 e. The summed E-state index contributed by atoms with van der Waals surface area (Å²) >= 11 is 1.84. The van der Waals surface area contributed by atoms with Crippen molar-refractivity contribution in [2.75, 3.05) is 40.1 Å². The molecule has 0 radical (unpaired) electrons. The van der Waals surface area contributed by atoms with Crippen molar-refractivity contribution in [1.82, 2.24) is 10.6 Å². The molecule has 0 unspecified atom stereocenters. The van der Waals surface area contributed by atoms with Gasteiger partial charge in [0.25, 0.3) is 0 Å². The average molecular weight is 354 g/mol. The van der Waals surface area contributed by atoms with Crippen molar-refractivity contribution in [2.45, 2.75) is 31.6 Å². The predicted molar refractivity (Wildman–Crippen MR) is 104 cm³/mol. The highest BCUT2D eigenvalue weighted by atomic mass is 32.2. The van der Waals surface area contributed by atoms with Gasteiger partial charge in [-0.1, -0.05) is 12.1 Å². The molecular weight excluding hydrogens is 322 g/mol. The molecule has 1 aromatic carbocycles. The standard InChI is InChI=1S/C18H31N3O2S/c1-18(2,24-5)14-21-17(19-3)20-11-6-12-23-13-15-7-9-16(22-4)10-8-15/h7-10H,6,11-14H2,1-5H3,(H2,19,20,21). The zero-order valence-corrected chi connectivity index (χ0v) is 16.3. The number of aliphatic imine (C=N–C) groups is 1. The molecule has 0 saturated carbocycles. The Balaban J connectivity index is 2.13. The highest BCUT2D eigenvalue weighted by molar-refractivity contribution is 7.99. The molecule has 1 rings (SSSR count). The molecule has 0 aliphatic heterocycles. The van der Waals surface area contributed by atoms with Crippen LogP contribution < -0.4 is 15.4 Å². The van der Waals surface area contributed by atoms with E-state index in [0.29, 0.717) is 13.2 Å². The van der Waals surface area contributed by atoms with E-state index in [1.165, 1.54) is 0 Å². The fourth-order valence-corrected chi connectivity index (χ4v) is 2.10. The van der Waals surface area contributed by atoms with E-state index in [1.807, 2.05) is 36.0 Å². The van der Waals surface area contributed by atoms with E-state index in [1.54, 1.807) is 14.2 Å². The third kappa shape index (κ3) is 8.45. The van der Waals surface area contributed by atoms with Crippen LogP contribution in [0.5, 0.6) is 5.75 Å². The van der Waals surface area contributed by atoms with E-state index in [-0.39, 0.29) is 4.75 Å². The second-order valence-corrected chi connectivity index (χ2v) is 7.58. The fraction of sp³-hybridized carbons (Fsp3) is 0.611. The number of hydrogen-bond donors (Lipinski definition) is 2. The van der Waals surface area contributed by atoms with Gasteiger partial charge in [-0.05, 0) is 44.2 Å². The third-order valence-electron chi connectivity index (χ3n) is 3.64. The lowest BCUT2D eigenvalue weighted by atomic mass is 10.2. The van der Waals surface area contributed by atoms with Crippen molar-refractivity contribution >= 4 is 17.7 Å². The largest absolute Gasteiger partial charge is 0.497 e. The van der Waals surface area contributed by atoms with Crippen LogP contribution in [0, 0.1) is 0 Å². The molecular formula is C18H31N3O2S. The third-order valence-corrected chi connectivity index (χ3v) is 4.89. The molecule has 136 valence electrons. The summed E-state index contributed by atoms with van der Waals surface area (Å²) in [5.41, 5.74) is 1.15. The van der Waals surface area contributed by atoms with Crippen molar-refractivity contribution in [3.63, 3.8) is 0 Å². The first-order valence-corrected chi connectivity index (χ1v) is 9.43. The molecule has 6 heteroatoms. The molecule has 0 fully saturated rings. The Kier molecular flexibility index (Phi) is 9.64. The van der Waals surface area contributed by atoms with Gasteiger partial charge < -0.3 is 20.1 Å². The Labute approximate surface area is 150 Å². The highest BCUT2D eigenvalue weighted by Crippen LogP contribution is 2.19. The van der Waals surface area contributed by atoms with Crippen LogP contribution in [0.25, 0.3) is 0 Å². The summed E-state index contributed by atoms with van der Waals surface area (Å²) in [5, 5.41) is 6.67. The molecule has 0 aromatic heterocycles. The van der Waals surface area contributed by atoms with Crippen molar-refractivity contribution in [2.24, 2.45) is 4.99 Å². The molecule has 0 aliphatic carbocycles. The van der Waals surface area contributed by atoms with Gasteiger partial charge in [-0.2, -0.15) is 11.8 Å². The molecule has 0 saturated heterocycles. The maximum atomic E-state index is 5.70. The van der Waals surface area contributed by atoms with Crippen LogP contribution >= 0.6 is 11.8 Å². The summed E-state index contributed by atoms with van der Waals surface area (Å²) in [6.07, 6.45) is 3.06. The molecule has 24 heavy (non-hydrogen) atoms. The minimum Gasteiger partial charge on any atom is -0.497 e. The quantitative estimate of drug-likeness (QED) is 0.385. The maximum Gasteiger partial charge on any atom is 0.191 e. The first kappa shape index (κ1) is 20.6. The minimum absolute atomic E-state index is 0.194. The molecule has 0 bridgehead atoms. The monoisotopic (exact) mass is 353 g/mol. The van der Waals surface area contributed by atoms with Crippen LogP contribution in [0.4, 0.5) is 0 Å². The number of benzene rings is 1. The number of ether oxygens (including phenoxy) is 2. The zero-order chi connectivity index (χ0) is 17.8. The highest BCUT2D eigenvalue weighted by Gasteiger charge is 2.15. The average Bonchev–Trinajstić information content (AvgIpc) is 2.61. The van der Waals surface area contributed by atoms with E-state index in [9.17, 15) is 0 Å². The number of methoxy groups -OCH3 is 1. The second-order valence-electron chi connectivity index (χ2n) is 6.07. The summed E-state index contributed by atoms with van der Waals surface area (Å²) in [7, 11) is 3.46. The molecule has 0 aliphatic rings. The van der Waals surface area contributed by atoms with Crippen molar-refractivity contribution < 1.29 is 9.47 Å². The van der Waals surface area contributed by atoms with Gasteiger partial charge in [-0.25, -0.2) is 0 Å². The molecule has 5 nitrogen and oxygen atoms in total. The lowest BCUT2D eigenvalue weighted by Gasteiger charge is -2.23. The lowest BCUT2D eigenvalue weighted by molar-refractivity contribution is 0.119. The van der Waals surface area contributed by atoms with Gasteiger partial charge >= 0.3 is 0 Å². The minimum atomic E-state index is 0.194. The van der Waals surface area contributed by atoms with Crippen LogP contribution in [-0.4, -0.2) is 50.8 Å². The number of hydrogen-bond acceptors (Lipinski definition) is 4. The van der Waals surface area contributed by atoms with Crippen LogP contribution in [0.15, 0.2) is 29.3 Å². The first-order valence-electron chi connectivity index (χ1n) is 8.21. The van der Waals surface area contributed by atoms with Gasteiger partial charge in [0.2, 0.25) is 0 Å². The predicted octanol–water partition coefficient (Wildman–Crippen LogP) is 2.91. The first-order chi connectivity index (χ1) is 11.5. The van der Waals surface area contributed by atoms with E-state index in [2.05, 4.69) is 35.7 Å². The van der Waals surface area contributed by atoms with Crippen LogP contribution in [0.3, 0.4) is 0 Å². The van der Waals surface area contributed by atoms with E-state index in [0.717, 1.165) is 36.8 Å². The van der Waals surface area contributed by atoms with E-state index < -0.39 is 0 Å². The van der Waals surface area contributed by atoms with Gasteiger partial charge in [0.1, 0.15) is 5.75 Å². The lowest BCUT2D eigenvalue weighted by Crippen LogP contribution is -2.43. The fourth-order valence-electron chi connectivity index (χ4n) is 1.88. The Morgan fingerprint density at radius 1 is 1.21 bits per heavy atom. The Bertz CT molecular complexity index is 490. The van der Waals surface area contributed by atoms with E-state index in [4.69, 9.17) is 9.47 Å². The number of rotatable bonds is 10. The normalized spacial score (nSPS) is 12.1. The topological polar surface area (TPSA) is 54.9 Å². The number of guanidine groups is 1. The molecule has 1 aromatic rings. The van der Waals surface area contributed by atoms with Crippen LogP contribution in [0.1, 0.15) is 25.8 Å². The molecule has 2 N–H and O–H groups in total. The number of nitrogens with zero attached hydrogens (tertiary/aromatic N) is 1. The van der Waals surface area contributed by atoms with Gasteiger partial charge in [0, 0.05) is 31.5 Å². The van der Waals surface area contributed by atoms with E-state index >= 15 is 0 Å². The molecule has 0 atom stereocenters. The number of thioether (sulfide) groups is 1. The van der Waals surface area contributed by atoms with Crippen LogP contribution in [-0.2, 0) is 11.3 Å². The summed E-state index contributed by atoms with van der Waals surface area (Å²) in [4.78, 5) is 4.24. The SMILES string of the molecule is CN=C(NCCCOCc1ccc(OC)cc1)NCC(C)(C)SC. The Hall–Kier alpha value is -1.40. The summed E-state index contributed by atoms with van der Waals surface area (Å²) in [5.74, 6) is 1.71. The van der Waals surface area contributed by atoms with Gasteiger partial charge in [-0.15, -0.1) is 0 Å². The van der Waals surface area contributed by atoms with Crippen molar-refractivity contribution in [3.05, 3.63) is 29.8 Å².